The fourth-order valence-electron chi connectivity index (χ4n) is 5.26. The first-order valence-electron chi connectivity index (χ1n) is 14.7. The van der Waals surface area contributed by atoms with Crippen LogP contribution in [0.2, 0.25) is 0 Å². The summed E-state index contributed by atoms with van der Waals surface area (Å²) >= 11 is 0. The molecule has 0 aliphatic heterocycles. The van der Waals surface area contributed by atoms with Crippen molar-refractivity contribution in [2.24, 2.45) is 5.92 Å². The zero-order valence-electron chi connectivity index (χ0n) is 25.2. The molecule has 4 heterocycles. The number of aromatic amines is 2. The number of anilines is 2. The van der Waals surface area contributed by atoms with E-state index in [1.165, 1.54) is 12.1 Å². The zero-order valence-corrected chi connectivity index (χ0v) is 25.2. The number of H-pyrrole nitrogens is 2. The molecule has 2 aromatic carbocycles. The van der Waals surface area contributed by atoms with Gasteiger partial charge in [-0.15, -0.1) is 0 Å². The number of rotatable bonds is 11. The molecule has 0 saturated heterocycles. The van der Waals surface area contributed by atoms with Gasteiger partial charge >= 0.3 is 0 Å². The lowest BCUT2D eigenvalue weighted by atomic mass is 10.0. The highest BCUT2D eigenvalue weighted by Crippen LogP contribution is 2.33. The number of aliphatic hydroxyl groups is 1. The van der Waals surface area contributed by atoms with Crippen molar-refractivity contribution in [3.8, 4) is 33.9 Å². The Morgan fingerprint density at radius 2 is 1.77 bits per heavy atom. The van der Waals surface area contributed by atoms with Gasteiger partial charge in [-0.25, -0.2) is 9.37 Å². The van der Waals surface area contributed by atoms with Crippen molar-refractivity contribution in [2.75, 3.05) is 37.8 Å². The number of hydrogen-bond donors (Lipinski definition) is 5. The van der Waals surface area contributed by atoms with Gasteiger partial charge in [-0.3, -0.25) is 15.1 Å². The second-order valence-electron chi connectivity index (χ2n) is 11.7. The van der Waals surface area contributed by atoms with Crippen LogP contribution >= 0.6 is 0 Å². The quantitative estimate of drug-likeness (QED) is 0.114. The van der Waals surface area contributed by atoms with Crippen molar-refractivity contribution in [1.29, 1.82) is 0 Å². The molecule has 6 rings (SSSR count). The van der Waals surface area contributed by atoms with Crippen molar-refractivity contribution >= 4 is 33.3 Å². The highest BCUT2D eigenvalue weighted by molar-refractivity contribution is 5.97. The Kier molecular flexibility index (Phi) is 8.23. The first-order valence-corrected chi connectivity index (χ1v) is 14.7. The third kappa shape index (κ3) is 6.38. The van der Waals surface area contributed by atoms with Gasteiger partial charge in [0.1, 0.15) is 23.3 Å². The van der Waals surface area contributed by atoms with Gasteiger partial charge in [-0.2, -0.15) is 5.10 Å². The number of aliphatic hydroxyl groups excluding tert-OH is 1. The molecule has 44 heavy (non-hydrogen) atoms. The molecule has 0 saturated carbocycles. The molecule has 1 unspecified atom stereocenters. The van der Waals surface area contributed by atoms with Gasteiger partial charge < -0.3 is 25.6 Å². The molecule has 4 aromatic heterocycles. The van der Waals surface area contributed by atoms with Crippen LogP contribution in [0, 0.1) is 11.7 Å². The second kappa shape index (κ2) is 12.4. The van der Waals surface area contributed by atoms with Crippen LogP contribution in [-0.4, -0.2) is 73.6 Å². The van der Waals surface area contributed by atoms with E-state index in [0.717, 1.165) is 39.8 Å². The van der Waals surface area contributed by atoms with Crippen molar-refractivity contribution in [3.63, 3.8) is 0 Å². The summed E-state index contributed by atoms with van der Waals surface area (Å²) in [5, 5.41) is 25.3. The van der Waals surface area contributed by atoms with E-state index < -0.39 is 6.23 Å². The SMILES string of the molecule is CC(C)CC(O)Nc1cncc(-c2ccc3[nH]nc(-c4nc5c(-c6cc(F)cc(NCCN(C)C)c6)nccc5[nH]4)c3c2)c1. The Labute approximate surface area is 254 Å². The number of fused-ring (bicyclic) bond motifs is 2. The summed E-state index contributed by atoms with van der Waals surface area (Å²) in [6, 6.07) is 14.7. The average Bonchev–Trinajstić information content (AvgIpc) is 3.60. The average molecular weight is 594 g/mol. The molecule has 226 valence electrons. The fourth-order valence-corrected chi connectivity index (χ4v) is 5.26. The minimum absolute atomic E-state index is 0.349. The van der Waals surface area contributed by atoms with Crippen molar-refractivity contribution in [2.45, 2.75) is 26.5 Å². The van der Waals surface area contributed by atoms with Crippen molar-refractivity contribution < 1.29 is 9.50 Å². The first-order chi connectivity index (χ1) is 21.2. The van der Waals surface area contributed by atoms with Gasteiger partial charge in [0.05, 0.1) is 28.6 Å². The molecule has 10 nitrogen and oxygen atoms in total. The van der Waals surface area contributed by atoms with Crippen LogP contribution in [0.4, 0.5) is 15.8 Å². The molecule has 0 spiro atoms. The van der Waals surface area contributed by atoms with Gasteiger partial charge in [0, 0.05) is 47.7 Å². The third-order valence-electron chi connectivity index (χ3n) is 7.35. The summed E-state index contributed by atoms with van der Waals surface area (Å²) < 4.78 is 14.7. The standard InChI is InChI=1S/C33H36FN9O/c1-19(2)11-29(44)38-25-14-22(17-35-18-25)20-5-6-27-26(15-20)31(42-41-27)33-39-28-7-8-37-30(32(28)40-33)21-12-23(34)16-24(13-21)36-9-10-43(3)4/h5-8,12-19,29,36,38,44H,9-11H2,1-4H3,(H,39,40)(H,41,42). The van der Waals surface area contributed by atoms with E-state index in [0.29, 0.717) is 52.9 Å². The van der Waals surface area contributed by atoms with Crippen molar-refractivity contribution in [3.05, 3.63) is 72.9 Å². The van der Waals surface area contributed by atoms with Crippen LogP contribution in [0.15, 0.2) is 67.1 Å². The van der Waals surface area contributed by atoms with E-state index >= 15 is 0 Å². The van der Waals surface area contributed by atoms with Crippen LogP contribution in [0.25, 0.3) is 55.8 Å². The number of aromatic nitrogens is 6. The number of nitrogens with zero attached hydrogens (tertiary/aromatic N) is 5. The largest absolute Gasteiger partial charge is 0.384 e. The Bertz CT molecular complexity index is 1910. The minimum atomic E-state index is -0.652. The maximum absolute atomic E-state index is 14.7. The summed E-state index contributed by atoms with van der Waals surface area (Å²) in [6.07, 6.45) is 5.17. The lowest BCUT2D eigenvalue weighted by Gasteiger charge is -2.16. The van der Waals surface area contributed by atoms with Crippen LogP contribution in [0.1, 0.15) is 20.3 Å². The number of halogens is 1. The normalized spacial score (nSPS) is 12.5. The Morgan fingerprint density at radius 3 is 2.59 bits per heavy atom. The second-order valence-corrected chi connectivity index (χ2v) is 11.7. The smallest absolute Gasteiger partial charge is 0.159 e. The molecule has 0 aliphatic rings. The third-order valence-corrected chi connectivity index (χ3v) is 7.35. The molecular formula is C33H36FN9O. The van der Waals surface area contributed by atoms with Crippen LogP contribution in [-0.2, 0) is 0 Å². The predicted octanol–water partition coefficient (Wildman–Crippen LogP) is 6.12. The molecule has 5 N–H and O–H groups in total. The minimum Gasteiger partial charge on any atom is -0.384 e. The fraction of sp³-hybridized carbons (Fsp3) is 0.273. The first kappa shape index (κ1) is 29.2. The summed E-state index contributed by atoms with van der Waals surface area (Å²) in [4.78, 5) is 19.3. The molecular weight excluding hydrogens is 557 g/mol. The zero-order chi connectivity index (χ0) is 30.8. The topological polar surface area (TPSA) is 131 Å². The van der Waals surface area contributed by atoms with Crippen LogP contribution in [0.5, 0.6) is 0 Å². The summed E-state index contributed by atoms with van der Waals surface area (Å²) in [6.45, 7) is 5.65. The molecule has 0 aliphatic carbocycles. The Balaban J connectivity index is 1.33. The highest BCUT2D eigenvalue weighted by atomic mass is 19.1. The lowest BCUT2D eigenvalue weighted by Crippen LogP contribution is -2.20. The molecule has 0 fully saturated rings. The molecule has 0 radical (unpaired) electrons. The van der Waals surface area contributed by atoms with E-state index in [-0.39, 0.29) is 5.82 Å². The van der Waals surface area contributed by atoms with Gasteiger partial charge in [-0.05, 0) is 74.5 Å². The lowest BCUT2D eigenvalue weighted by molar-refractivity contribution is 0.176. The van der Waals surface area contributed by atoms with Gasteiger partial charge in [0.2, 0.25) is 0 Å². The molecule has 1 atom stereocenters. The number of hydrogen-bond acceptors (Lipinski definition) is 8. The Morgan fingerprint density at radius 1 is 0.932 bits per heavy atom. The molecule has 11 heteroatoms. The number of pyridine rings is 2. The number of benzene rings is 2. The van der Waals surface area contributed by atoms with Crippen LogP contribution in [0.3, 0.4) is 0 Å². The van der Waals surface area contributed by atoms with Gasteiger partial charge in [-0.1, -0.05) is 19.9 Å². The summed E-state index contributed by atoms with van der Waals surface area (Å²) in [5.41, 5.74) is 7.40. The maximum atomic E-state index is 14.7. The molecule has 0 bridgehead atoms. The summed E-state index contributed by atoms with van der Waals surface area (Å²) in [7, 11) is 3.99. The number of nitrogens with one attached hydrogen (secondary N) is 4. The predicted molar refractivity (Wildman–Crippen MR) is 174 cm³/mol. The maximum Gasteiger partial charge on any atom is 0.159 e. The van der Waals surface area contributed by atoms with E-state index in [2.05, 4.69) is 54.5 Å². The number of imidazole rings is 1. The number of likely N-dealkylation sites (N-methyl/N-ethyl adjacent to an activating group) is 1. The van der Waals surface area contributed by atoms with E-state index in [1.807, 2.05) is 50.5 Å². The highest BCUT2D eigenvalue weighted by Gasteiger charge is 2.17. The summed E-state index contributed by atoms with van der Waals surface area (Å²) in [5.74, 6) is 0.587. The van der Waals surface area contributed by atoms with Crippen LogP contribution < -0.4 is 10.6 Å². The van der Waals surface area contributed by atoms with Gasteiger partial charge in [0.15, 0.2) is 5.82 Å². The van der Waals surface area contributed by atoms with E-state index in [1.54, 1.807) is 18.6 Å². The van der Waals surface area contributed by atoms with Gasteiger partial charge in [0.25, 0.3) is 0 Å². The van der Waals surface area contributed by atoms with E-state index in [9.17, 15) is 9.50 Å². The monoisotopic (exact) mass is 593 g/mol. The van der Waals surface area contributed by atoms with Crippen molar-refractivity contribution in [1.82, 2.24) is 35.0 Å². The molecule has 0 amide bonds. The Hall–Kier alpha value is -4.87. The van der Waals surface area contributed by atoms with E-state index in [4.69, 9.17) is 4.98 Å². The molecule has 6 aromatic rings.